The lowest BCUT2D eigenvalue weighted by Crippen LogP contribution is -2.51. The van der Waals surface area contributed by atoms with E-state index < -0.39 is 66.1 Å². The molecule has 0 bridgehead atoms. The molecule has 0 saturated heterocycles. The van der Waals surface area contributed by atoms with E-state index in [0.29, 0.717) is 19.3 Å². The van der Waals surface area contributed by atoms with E-state index in [1.54, 1.807) is 0 Å². The average molecular weight is 938 g/mol. The molecule has 67 heavy (non-hydrogen) atoms. The molecule has 0 heterocycles. The van der Waals surface area contributed by atoms with E-state index in [2.05, 4.69) is 26.6 Å². The summed E-state index contributed by atoms with van der Waals surface area (Å²) in [6, 6.07) is 24.8. The predicted molar refractivity (Wildman–Crippen MR) is 252 cm³/mol. The maximum absolute atomic E-state index is 12.8. The maximum Gasteiger partial charge on any atom is 0.408 e. The molecular weight excluding hydrogens is 867 g/mol. The number of ether oxygens (including phenoxy) is 3. The van der Waals surface area contributed by atoms with Gasteiger partial charge in [0.05, 0.1) is 19.2 Å². The summed E-state index contributed by atoms with van der Waals surface area (Å²) in [6.07, 6.45) is -1.67. The van der Waals surface area contributed by atoms with E-state index in [1.165, 1.54) is 0 Å². The number of aliphatic hydroxyl groups excluding tert-OH is 1. The largest absolute Gasteiger partial charge is 0.480 e. The molecule has 3 rings (SSSR count). The van der Waals surface area contributed by atoms with Crippen LogP contribution in [-0.2, 0) is 53.2 Å². The van der Waals surface area contributed by atoms with Crippen LogP contribution in [0.25, 0.3) is 0 Å². The Balaban J connectivity index is 0.000000736. The van der Waals surface area contributed by atoms with Crippen molar-refractivity contribution in [3.05, 3.63) is 108 Å². The minimum Gasteiger partial charge on any atom is -0.480 e. The first-order valence-corrected chi connectivity index (χ1v) is 22.1. The molecule has 3 atom stereocenters. The molecule has 19 heteroatoms. The molecule has 0 aromatic heterocycles. The number of hydrogen-bond acceptors (Lipinski definition) is 13. The molecule has 5 amide bonds. The van der Waals surface area contributed by atoms with Crippen molar-refractivity contribution in [3.8, 4) is 0 Å². The van der Waals surface area contributed by atoms with Gasteiger partial charge in [-0.05, 0) is 53.7 Å². The average Bonchev–Trinajstić information content (AvgIpc) is 3.30. The third-order valence-corrected chi connectivity index (χ3v) is 9.03. The van der Waals surface area contributed by atoms with Gasteiger partial charge >= 0.3 is 24.2 Å². The number of ketones is 1. The number of carbonyl (C=O) groups excluding carboxylic acids is 6. The number of benzene rings is 3. The molecular formula is C48H71N7O12. The second kappa shape index (κ2) is 33.8. The van der Waals surface area contributed by atoms with Gasteiger partial charge in [-0.15, -0.1) is 0 Å². The van der Waals surface area contributed by atoms with Gasteiger partial charge in [0.15, 0.2) is 5.78 Å². The summed E-state index contributed by atoms with van der Waals surface area (Å²) in [7, 11) is 0. The van der Waals surface area contributed by atoms with Gasteiger partial charge in [-0.2, -0.15) is 0 Å². The zero-order valence-electron chi connectivity index (χ0n) is 39.4. The summed E-state index contributed by atoms with van der Waals surface area (Å²) in [4.78, 5) is 85.1. The summed E-state index contributed by atoms with van der Waals surface area (Å²) in [5.74, 6) is -2.26. The van der Waals surface area contributed by atoms with Gasteiger partial charge in [0.2, 0.25) is 11.8 Å². The molecule has 11 N–H and O–H groups in total. The fourth-order valence-corrected chi connectivity index (χ4v) is 5.60. The summed E-state index contributed by atoms with van der Waals surface area (Å²) in [6.45, 7) is 11.4. The number of carbonyl (C=O) groups is 7. The van der Waals surface area contributed by atoms with E-state index in [4.69, 9.17) is 35.9 Å². The van der Waals surface area contributed by atoms with Crippen LogP contribution < -0.4 is 38.1 Å². The third-order valence-electron chi connectivity index (χ3n) is 9.03. The van der Waals surface area contributed by atoms with Gasteiger partial charge in [0, 0.05) is 13.1 Å². The zero-order valence-corrected chi connectivity index (χ0v) is 39.4. The standard InChI is InChI=1S/C31H42N4O7.C14H19NO4.C3H10N2O/c1-21(2)15-26(34-30(39)41-19-23-11-7-5-8-12-23)28(37)32-17-25(36)18-33-29(38)27(16-22(3)4)35-31(40)42-20-24-13-9-6-10-14-24;1-10(2)8-12(13(16)17)15-14(18)19-9-11-6-4-3-5-7-11;4-1-3(6)2-5/h5-14,21-22,26-27H,15-20H2,1-4H3,(H,32,37)(H,33,38)(H,34,39)(H,35,40);3-7,10,12H,8-9H2,1-2H3,(H,15,18)(H,16,17);3,6H,1-2,4-5H2/t26-,27-;12-;/m00./s1. The summed E-state index contributed by atoms with van der Waals surface area (Å²) in [5, 5.41) is 29.9. The van der Waals surface area contributed by atoms with Gasteiger partial charge in [-0.1, -0.05) is 133 Å². The molecule has 0 spiro atoms. The lowest BCUT2D eigenvalue weighted by atomic mass is 10.0. The molecule has 3 aromatic carbocycles. The maximum atomic E-state index is 12.8. The van der Waals surface area contributed by atoms with Crippen molar-refractivity contribution >= 4 is 41.8 Å². The fourth-order valence-electron chi connectivity index (χ4n) is 5.60. The van der Waals surface area contributed by atoms with Crippen molar-refractivity contribution < 1.29 is 58.0 Å². The summed E-state index contributed by atoms with van der Waals surface area (Å²) in [5.41, 5.74) is 12.4. The number of nitrogens with one attached hydrogen (secondary N) is 5. The van der Waals surface area contributed by atoms with Crippen molar-refractivity contribution in [2.24, 2.45) is 29.2 Å². The highest BCUT2D eigenvalue weighted by atomic mass is 16.6. The van der Waals surface area contributed by atoms with Crippen molar-refractivity contribution in [1.82, 2.24) is 26.6 Å². The Kier molecular flexibility index (Phi) is 29.5. The molecule has 0 fully saturated rings. The van der Waals surface area contributed by atoms with Gasteiger partial charge in [0.25, 0.3) is 0 Å². The van der Waals surface area contributed by atoms with Gasteiger partial charge in [0.1, 0.15) is 37.9 Å². The summed E-state index contributed by atoms with van der Waals surface area (Å²) < 4.78 is 15.4. The number of carboxylic acids is 1. The minimum atomic E-state index is -1.05. The normalized spacial score (nSPS) is 11.9. The van der Waals surface area contributed by atoms with Crippen LogP contribution in [-0.4, -0.2) is 102 Å². The zero-order chi connectivity index (χ0) is 50.1. The van der Waals surface area contributed by atoms with Crippen LogP contribution in [0.4, 0.5) is 14.4 Å². The SMILES string of the molecule is CC(C)C[C@H](NC(=O)OCc1ccccc1)C(=O)NCC(=O)CNC(=O)[C@H](CC(C)C)NC(=O)OCc1ccccc1.CC(C)C[C@H](NC(=O)OCc1ccccc1)C(=O)O.NCC(O)CN. The predicted octanol–water partition coefficient (Wildman–Crippen LogP) is 4.15. The highest BCUT2D eigenvalue weighted by molar-refractivity contribution is 5.93. The highest BCUT2D eigenvalue weighted by Gasteiger charge is 2.26. The lowest BCUT2D eigenvalue weighted by molar-refractivity contribution is -0.139. The molecule has 0 saturated carbocycles. The number of alkyl carbamates (subject to hydrolysis) is 3. The van der Waals surface area contributed by atoms with E-state index in [0.717, 1.165) is 16.7 Å². The molecule has 0 aliphatic heterocycles. The highest BCUT2D eigenvalue weighted by Crippen LogP contribution is 2.09. The number of hydrogen-bond donors (Lipinski definition) is 9. The van der Waals surface area contributed by atoms with Crippen LogP contribution in [0.2, 0.25) is 0 Å². The Morgan fingerprint density at radius 2 is 0.776 bits per heavy atom. The summed E-state index contributed by atoms with van der Waals surface area (Å²) >= 11 is 0. The van der Waals surface area contributed by atoms with Crippen LogP contribution in [0, 0.1) is 17.8 Å². The first-order valence-electron chi connectivity index (χ1n) is 22.1. The second-order valence-electron chi connectivity index (χ2n) is 16.6. The lowest BCUT2D eigenvalue weighted by Gasteiger charge is -2.21. The van der Waals surface area contributed by atoms with E-state index >= 15 is 0 Å². The molecule has 0 radical (unpaired) electrons. The Morgan fingerprint density at radius 1 is 0.493 bits per heavy atom. The topological polar surface area (TPSA) is 300 Å². The Labute approximate surface area is 393 Å². The second-order valence-corrected chi connectivity index (χ2v) is 16.6. The first kappa shape index (κ1) is 58.4. The molecule has 0 aliphatic rings. The van der Waals surface area contributed by atoms with Crippen LogP contribution in [0.5, 0.6) is 0 Å². The monoisotopic (exact) mass is 938 g/mol. The van der Waals surface area contributed by atoms with Crippen LogP contribution >= 0.6 is 0 Å². The van der Waals surface area contributed by atoms with Gasteiger partial charge < -0.3 is 62.5 Å². The Bertz CT molecular complexity index is 1810. The number of carboxylic acid groups (broad SMARTS) is 1. The Morgan fingerprint density at radius 3 is 1.03 bits per heavy atom. The minimum absolute atomic E-state index is 0.0539. The number of Topliss-reactive ketones (excluding diaryl/α,β-unsaturated/α-hetero) is 1. The first-order chi connectivity index (χ1) is 31.8. The van der Waals surface area contributed by atoms with Crippen molar-refractivity contribution in [2.45, 2.75) is 105 Å². The van der Waals surface area contributed by atoms with E-state index in [-0.39, 0.29) is 63.8 Å². The number of rotatable bonds is 24. The number of amides is 5. The fraction of sp³-hybridized carbons (Fsp3) is 0.479. The van der Waals surface area contributed by atoms with Crippen molar-refractivity contribution in [3.63, 3.8) is 0 Å². The van der Waals surface area contributed by atoms with Gasteiger partial charge in [-0.25, -0.2) is 19.2 Å². The molecule has 0 aliphatic carbocycles. The quantitative estimate of drug-likeness (QED) is 0.0571. The molecule has 19 nitrogen and oxygen atoms in total. The Hall–Kier alpha value is -6.57. The van der Waals surface area contributed by atoms with E-state index in [1.807, 2.05) is 133 Å². The number of nitrogens with two attached hydrogens (primary N) is 2. The third kappa shape index (κ3) is 28.8. The van der Waals surface area contributed by atoms with Crippen LogP contribution in [0.15, 0.2) is 91.0 Å². The van der Waals surface area contributed by atoms with Crippen LogP contribution in [0.1, 0.15) is 77.5 Å². The van der Waals surface area contributed by atoms with E-state index in [9.17, 15) is 33.6 Å². The molecule has 0 unspecified atom stereocenters. The smallest absolute Gasteiger partial charge is 0.408 e. The molecule has 3 aromatic rings. The van der Waals surface area contributed by atoms with Gasteiger partial charge in [-0.3, -0.25) is 14.4 Å². The van der Waals surface area contributed by atoms with Crippen molar-refractivity contribution in [2.75, 3.05) is 26.2 Å². The number of aliphatic hydroxyl groups is 1. The number of aliphatic carboxylic acids is 1. The molecule has 370 valence electrons. The van der Waals surface area contributed by atoms with Crippen molar-refractivity contribution in [1.29, 1.82) is 0 Å². The van der Waals surface area contributed by atoms with Crippen LogP contribution in [0.3, 0.4) is 0 Å².